The number of hydrogen-bond donors (Lipinski definition) is 0. The minimum Gasteiger partial charge on any atom is -0.363 e. The summed E-state index contributed by atoms with van der Waals surface area (Å²) in [4.78, 5) is 20.2. The molecule has 0 amide bonds. The van der Waals surface area contributed by atoms with Gasteiger partial charge in [0.2, 0.25) is 0 Å². The molecule has 1 aliphatic rings. The van der Waals surface area contributed by atoms with E-state index < -0.39 is 0 Å². The molecule has 1 atom stereocenters. The Morgan fingerprint density at radius 1 is 1.35 bits per heavy atom. The molecule has 4 rings (SSSR count). The first kappa shape index (κ1) is 14.5. The fraction of sp³-hybridized carbons (Fsp3) is 0.333. The first-order chi connectivity index (χ1) is 11.1. The van der Waals surface area contributed by atoms with Crippen LogP contribution in [0.3, 0.4) is 0 Å². The molecule has 0 unspecified atom stereocenters. The molecule has 23 heavy (non-hydrogen) atoms. The minimum absolute atomic E-state index is 0.0155. The van der Waals surface area contributed by atoms with E-state index in [1.165, 1.54) is 22.6 Å². The summed E-state index contributed by atoms with van der Waals surface area (Å²) in [7, 11) is 0. The smallest absolute Gasteiger partial charge is 0.259 e. The number of hydrogen-bond acceptors (Lipinski definition) is 4. The zero-order valence-corrected chi connectivity index (χ0v) is 14.1. The lowest BCUT2D eigenvalue weighted by Crippen LogP contribution is -2.37. The summed E-state index contributed by atoms with van der Waals surface area (Å²) in [6.07, 6.45) is 2.25. The average molecular weight is 325 g/mol. The molecule has 0 N–H and O–H groups in total. The highest BCUT2D eigenvalue weighted by Gasteiger charge is 2.23. The fourth-order valence-corrected chi connectivity index (χ4v) is 4.25. The summed E-state index contributed by atoms with van der Waals surface area (Å²) >= 11 is 1.52. The van der Waals surface area contributed by atoms with Crippen molar-refractivity contribution in [1.29, 1.82) is 0 Å². The van der Waals surface area contributed by atoms with Gasteiger partial charge in [-0.3, -0.25) is 9.20 Å². The van der Waals surface area contributed by atoms with E-state index in [9.17, 15) is 4.79 Å². The molecule has 5 heteroatoms. The molecule has 4 nitrogen and oxygen atoms in total. The van der Waals surface area contributed by atoms with Gasteiger partial charge in [0.05, 0.1) is 12.2 Å². The Labute approximate surface area is 139 Å². The summed E-state index contributed by atoms with van der Waals surface area (Å²) in [6.45, 7) is 4.87. The van der Waals surface area contributed by atoms with E-state index in [4.69, 9.17) is 4.98 Å². The van der Waals surface area contributed by atoms with Crippen LogP contribution in [0.25, 0.3) is 4.96 Å². The number of aryl methyl sites for hydroxylation is 2. The van der Waals surface area contributed by atoms with E-state index in [2.05, 4.69) is 36.1 Å². The summed E-state index contributed by atoms with van der Waals surface area (Å²) in [5, 5.41) is 1.98. The van der Waals surface area contributed by atoms with E-state index in [1.54, 1.807) is 10.5 Å². The third-order valence-electron chi connectivity index (χ3n) is 4.63. The summed E-state index contributed by atoms with van der Waals surface area (Å²) in [5.74, 6) is 0. The van der Waals surface area contributed by atoms with Crippen LogP contribution >= 0.6 is 11.3 Å². The molecule has 0 radical (unpaired) electrons. The average Bonchev–Trinajstić information content (AvgIpc) is 2.92. The van der Waals surface area contributed by atoms with Crippen molar-refractivity contribution in [3.63, 3.8) is 0 Å². The second-order valence-electron chi connectivity index (χ2n) is 6.23. The van der Waals surface area contributed by atoms with Crippen molar-refractivity contribution in [3.05, 3.63) is 63.0 Å². The molecular formula is C18H19N3OS. The number of nitrogens with zero attached hydrogens (tertiary/aromatic N) is 3. The predicted molar refractivity (Wildman–Crippen MR) is 94.5 cm³/mol. The van der Waals surface area contributed by atoms with Gasteiger partial charge in [-0.05, 0) is 38.3 Å². The number of aromatic nitrogens is 2. The van der Waals surface area contributed by atoms with Gasteiger partial charge >= 0.3 is 0 Å². The first-order valence-electron chi connectivity index (χ1n) is 7.95. The number of para-hydroxylation sites is 1. The number of rotatable bonds is 2. The van der Waals surface area contributed by atoms with Gasteiger partial charge < -0.3 is 4.90 Å². The molecule has 118 valence electrons. The van der Waals surface area contributed by atoms with Crippen LogP contribution in [0, 0.1) is 6.92 Å². The highest BCUT2D eigenvalue weighted by atomic mass is 32.1. The van der Waals surface area contributed by atoms with Gasteiger partial charge in [0.1, 0.15) is 0 Å². The van der Waals surface area contributed by atoms with Gasteiger partial charge in [-0.2, -0.15) is 0 Å². The van der Waals surface area contributed by atoms with Crippen molar-refractivity contribution in [3.8, 4) is 0 Å². The van der Waals surface area contributed by atoms with Crippen molar-refractivity contribution >= 4 is 22.0 Å². The quantitative estimate of drug-likeness (QED) is 0.725. The lowest BCUT2D eigenvalue weighted by Gasteiger charge is -2.36. The predicted octanol–water partition coefficient (Wildman–Crippen LogP) is 3.41. The van der Waals surface area contributed by atoms with Crippen molar-refractivity contribution in [2.24, 2.45) is 0 Å². The van der Waals surface area contributed by atoms with Crippen LogP contribution in [0.15, 0.2) is 40.5 Å². The molecule has 1 aliphatic heterocycles. The van der Waals surface area contributed by atoms with E-state index >= 15 is 0 Å². The normalized spacial score (nSPS) is 17.5. The molecule has 0 spiro atoms. The largest absolute Gasteiger partial charge is 0.363 e. The zero-order valence-electron chi connectivity index (χ0n) is 13.3. The maximum absolute atomic E-state index is 12.4. The number of anilines is 1. The van der Waals surface area contributed by atoms with Crippen molar-refractivity contribution in [1.82, 2.24) is 9.38 Å². The van der Waals surface area contributed by atoms with Crippen molar-refractivity contribution in [2.45, 2.75) is 39.3 Å². The Kier molecular flexibility index (Phi) is 3.45. The van der Waals surface area contributed by atoms with Crippen LogP contribution in [0.4, 0.5) is 5.69 Å². The van der Waals surface area contributed by atoms with E-state index in [1.807, 2.05) is 12.3 Å². The molecule has 0 fully saturated rings. The first-order valence-corrected chi connectivity index (χ1v) is 8.83. The van der Waals surface area contributed by atoms with Crippen LogP contribution in [0.2, 0.25) is 0 Å². The van der Waals surface area contributed by atoms with E-state index in [-0.39, 0.29) is 5.56 Å². The van der Waals surface area contributed by atoms with Crippen LogP contribution in [0.5, 0.6) is 0 Å². The summed E-state index contributed by atoms with van der Waals surface area (Å²) < 4.78 is 1.68. The molecular weight excluding hydrogens is 306 g/mol. The molecule has 1 aromatic carbocycles. The van der Waals surface area contributed by atoms with Gasteiger partial charge in [-0.25, -0.2) is 4.98 Å². The second-order valence-corrected chi connectivity index (χ2v) is 7.06. The van der Waals surface area contributed by atoms with Gasteiger partial charge in [0, 0.05) is 28.9 Å². The number of fused-ring (bicyclic) bond motifs is 2. The van der Waals surface area contributed by atoms with Crippen LogP contribution in [-0.4, -0.2) is 15.4 Å². The minimum atomic E-state index is 0.0155. The molecule has 2 aromatic heterocycles. The van der Waals surface area contributed by atoms with Crippen molar-refractivity contribution in [2.75, 3.05) is 4.90 Å². The Morgan fingerprint density at radius 3 is 3.04 bits per heavy atom. The van der Waals surface area contributed by atoms with Crippen LogP contribution < -0.4 is 10.5 Å². The summed E-state index contributed by atoms with van der Waals surface area (Å²) in [5.41, 5.74) is 4.47. The van der Waals surface area contributed by atoms with E-state index in [0.29, 0.717) is 12.6 Å². The molecule has 3 aromatic rings. The molecule has 0 aliphatic carbocycles. The molecule has 3 heterocycles. The Balaban J connectivity index is 1.74. The highest BCUT2D eigenvalue weighted by molar-refractivity contribution is 7.15. The van der Waals surface area contributed by atoms with Gasteiger partial charge in [0.25, 0.3) is 5.56 Å². The lowest BCUT2D eigenvalue weighted by molar-refractivity contribution is 0.556. The molecule has 0 saturated carbocycles. The topological polar surface area (TPSA) is 37.6 Å². The highest BCUT2D eigenvalue weighted by Crippen LogP contribution is 2.31. The number of benzene rings is 1. The standard InChI is InChI=1S/C18H19N3OS/c1-12-7-8-14-5-3-4-6-16(14)20(12)10-15-9-17(22)21-13(2)11-23-18(21)19-15/h3-6,9,11-12H,7-8,10H2,1-2H3/t12-/m1/s1. The Bertz CT molecular complexity index is 927. The fourth-order valence-electron chi connectivity index (χ4n) is 3.36. The monoisotopic (exact) mass is 325 g/mol. The zero-order chi connectivity index (χ0) is 16.0. The van der Waals surface area contributed by atoms with Gasteiger partial charge in [0.15, 0.2) is 4.96 Å². The Hall–Kier alpha value is -2.14. The third kappa shape index (κ3) is 2.45. The van der Waals surface area contributed by atoms with E-state index in [0.717, 1.165) is 29.2 Å². The SMILES string of the molecule is Cc1csc2nc(CN3c4ccccc4CC[C@H]3C)cc(=O)n12. The number of thiazole rings is 1. The van der Waals surface area contributed by atoms with Crippen LogP contribution in [0.1, 0.15) is 30.3 Å². The van der Waals surface area contributed by atoms with Crippen molar-refractivity contribution < 1.29 is 0 Å². The maximum Gasteiger partial charge on any atom is 0.259 e. The lowest BCUT2D eigenvalue weighted by atomic mass is 9.96. The second kappa shape index (κ2) is 5.49. The molecule has 0 saturated heterocycles. The third-order valence-corrected chi connectivity index (χ3v) is 5.57. The Morgan fingerprint density at radius 2 is 2.17 bits per heavy atom. The maximum atomic E-state index is 12.4. The van der Waals surface area contributed by atoms with Gasteiger partial charge in [-0.1, -0.05) is 18.2 Å². The van der Waals surface area contributed by atoms with Gasteiger partial charge in [-0.15, -0.1) is 11.3 Å². The molecule has 0 bridgehead atoms. The van der Waals surface area contributed by atoms with Crippen LogP contribution in [-0.2, 0) is 13.0 Å². The summed E-state index contributed by atoms with van der Waals surface area (Å²) in [6, 6.07) is 10.7.